The first-order valence-corrected chi connectivity index (χ1v) is 4.72. The maximum Gasteiger partial charge on any atom is 0.306 e. The maximum atomic E-state index is 13.0. The van der Waals surface area contributed by atoms with Crippen LogP contribution in [0, 0.1) is 11.7 Å². The first-order chi connectivity index (χ1) is 6.74. The van der Waals surface area contributed by atoms with Gasteiger partial charge in [0, 0.05) is 5.92 Å². The molecule has 1 saturated heterocycles. The number of benzene rings is 1. The van der Waals surface area contributed by atoms with Crippen molar-refractivity contribution in [1.82, 2.24) is 0 Å². The smallest absolute Gasteiger partial charge is 0.306 e. The summed E-state index contributed by atoms with van der Waals surface area (Å²) in [5.41, 5.74) is 1.98. The molecule has 72 valence electrons. The fraction of sp³-hybridized carbons (Fsp3) is 0.364. The number of carbonyl (C=O) groups is 1. The first kappa shape index (κ1) is 7.97. The number of rotatable bonds is 0. The third kappa shape index (κ3) is 0.983. The van der Waals surface area contributed by atoms with Crippen LogP contribution in [0.3, 0.4) is 0 Å². The fourth-order valence-electron chi connectivity index (χ4n) is 2.40. The van der Waals surface area contributed by atoms with Gasteiger partial charge in [-0.1, -0.05) is 6.07 Å². The summed E-state index contributed by atoms with van der Waals surface area (Å²) in [4.78, 5) is 11.0. The van der Waals surface area contributed by atoms with E-state index in [1.54, 1.807) is 6.07 Å². The molecule has 0 saturated carbocycles. The maximum absolute atomic E-state index is 13.0. The van der Waals surface area contributed by atoms with Crippen LogP contribution >= 0.6 is 0 Å². The molecule has 2 atom stereocenters. The van der Waals surface area contributed by atoms with Crippen LogP contribution in [0.15, 0.2) is 18.2 Å². The van der Waals surface area contributed by atoms with Crippen molar-refractivity contribution in [3.05, 3.63) is 35.1 Å². The molecule has 2 nitrogen and oxygen atoms in total. The summed E-state index contributed by atoms with van der Waals surface area (Å²) in [5.74, 6) is -0.179. The molecule has 1 aromatic carbocycles. The molecule has 0 N–H and O–H groups in total. The Hall–Kier alpha value is -1.38. The molecule has 3 rings (SSSR count). The third-order valence-corrected chi connectivity index (χ3v) is 3.01. The van der Waals surface area contributed by atoms with E-state index in [0.717, 1.165) is 17.5 Å². The molecule has 0 bridgehead atoms. The molecule has 1 unspecified atom stereocenters. The molecule has 1 aliphatic carbocycles. The molecule has 0 amide bonds. The second-order valence-electron chi connectivity index (χ2n) is 3.92. The average molecular weight is 192 g/mol. The van der Waals surface area contributed by atoms with Crippen molar-refractivity contribution in [1.29, 1.82) is 0 Å². The molecule has 0 spiro atoms. The summed E-state index contributed by atoms with van der Waals surface area (Å²) < 4.78 is 18.1. The third-order valence-electron chi connectivity index (χ3n) is 3.01. The van der Waals surface area contributed by atoms with Gasteiger partial charge in [0.05, 0.1) is 6.42 Å². The fourth-order valence-corrected chi connectivity index (χ4v) is 2.40. The van der Waals surface area contributed by atoms with Gasteiger partial charge in [0.15, 0.2) is 0 Å². The molecule has 1 heterocycles. The summed E-state index contributed by atoms with van der Waals surface area (Å²) in [6.07, 6.45) is 1.13. The minimum atomic E-state index is -0.257. The standard InChI is InChI=1S/C11H9FO2/c12-8-2-1-6-3-7-4-10(13)14-11(7)9(6)5-8/h1-2,5,7,11H,3-4H2/t7?,11-/m0/s1. The highest BCUT2D eigenvalue weighted by atomic mass is 19.1. The zero-order chi connectivity index (χ0) is 9.71. The molecule has 0 radical (unpaired) electrons. The number of hydrogen-bond acceptors (Lipinski definition) is 2. The Bertz CT molecular complexity index is 414. The Balaban J connectivity index is 2.07. The van der Waals surface area contributed by atoms with Crippen LogP contribution in [-0.4, -0.2) is 5.97 Å². The van der Waals surface area contributed by atoms with Gasteiger partial charge in [-0.05, 0) is 29.7 Å². The number of halogens is 1. The van der Waals surface area contributed by atoms with Gasteiger partial charge < -0.3 is 4.74 Å². The van der Waals surface area contributed by atoms with Crippen LogP contribution in [0.2, 0.25) is 0 Å². The lowest BCUT2D eigenvalue weighted by Gasteiger charge is -2.08. The Kier molecular flexibility index (Phi) is 1.46. The molecule has 0 aromatic heterocycles. The van der Waals surface area contributed by atoms with Crippen molar-refractivity contribution in [3.8, 4) is 0 Å². The lowest BCUT2D eigenvalue weighted by atomic mass is 10.0. The van der Waals surface area contributed by atoms with Gasteiger partial charge in [-0.3, -0.25) is 4.79 Å². The minimum absolute atomic E-state index is 0.157. The van der Waals surface area contributed by atoms with Crippen LogP contribution in [0.5, 0.6) is 0 Å². The number of ether oxygens (including phenoxy) is 1. The summed E-state index contributed by atoms with van der Waals surface area (Å²) in [5, 5.41) is 0. The van der Waals surface area contributed by atoms with E-state index in [1.807, 2.05) is 0 Å². The zero-order valence-corrected chi connectivity index (χ0v) is 7.50. The minimum Gasteiger partial charge on any atom is -0.457 e. The Morgan fingerprint density at radius 2 is 2.21 bits per heavy atom. The highest BCUT2D eigenvalue weighted by molar-refractivity contribution is 5.73. The topological polar surface area (TPSA) is 26.3 Å². The quantitative estimate of drug-likeness (QED) is 0.587. The lowest BCUT2D eigenvalue weighted by molar-refractivity contribution is -0.141. The normalized spacial score (nSPS) is 28.5. The van der Waals surface area contributed by atoms with E-state index < -0.39 is 0 Å². The van der Waals surface area contributed by atoms with Gasteiger partial charge in [0.1, 0.15) is 11.9 Å². The van der Waals surface area contributed by atoms with Crippen molar-refractivity contribution < 1.29 is 13.9 Å². The molecule has 2 aliphatic rings. The molecule has 3 heteroatoms. The van der Waals surface area contributed by atoms with Gasteiger partial charge in [0.25, 0.3) is 0 Å². The average Bonchev–Trinajstić information content (AvgIpc) is 2.62. The number of hydrogen-bond donors (Lipinski definition) is 0. The largest absolute Gasteiger partial charge is 0.457 e. The molecule has 1 aliphatic heterocycles. The highest BCUT2D eigenvalue weighted by Crippen LogP contribution is 2.45. The van der Waals surface area contributed by atoms with Gasteiger partial charge in [-0.25, -0.2) is 4.39 Å². The van der Waals surface area contributed by atoms with E-state index in [1.165, 1.54) is 12.1 Å². The number of esters is 1. The van der Waals surface area contributed by atoms with Crippen LogP contribution < -0.4 is 0 Å². The van der Waals surface area contributed by atoms with E-state index in [9.17, 15) is 9.18 Å². The lowest BCUT2D eigenvalue weighted by Crippen LogP contribution is -1.99. The highest BCUT2D eigenvalue weighted by Gasteiger charge is 2.42. The van der Waals surface area contributed by atoms with Crippen molar-refractivity contribution in [2.75, 3.05) is 0 Å². The summed E-state index contributed by atoms with van der Waals surface area (Å²) in [6.45, 7) is 0. The Morgan fingerprint density at radius 3 is 3.07 bits per heavy atom. The van der Waals surface area contributed by atoms with Crippen LogP contribution in [0.1, 0.15) is 23.7 Å². The van der Waals surface area contributed by atoms with E-state index in [2.05, 4.69) is 0 Å². The van der Waals surface area contributed by atoms with Crippen LogP contribution in [0.4, 0.5) is 4.39 Å². The van der Waals surface area contributed by atoms with Crippen molar-refractivity contribution >= 4 is 5.97 Å². The van der Waals surface area contributed by atoms with Gasteiger partial charge >= 0.3 is 5.97 Å². The van der Waals surface area contributed by atoms with Gasteiger partial charge in [0.2, 0.25) is 0 Å². The summed E-state index contributed by atoms with van der Waals surface area (Å²) in [7, 11) is 0. The molecule has 1 aromatic rings. The predicted molar refractivity (Wildman–Crippen MR) is 47.0 cm³/mol. The second-order valence-corrected chi connectivity index (χ2v) is 3.92. The van der Waals surface area contributed by atoms with E-state index in [4.69, 9.17) is 4.74 Å². The Morgan fingerprint density at radius 1 is 1.36 bits per heavy atom. The van der Waals surface area contributed by atoms with E-state index >= 15 is 0 Å². The predicted octanol–water partition coefficient (Wildman–Crippen LogP) is 1.99. The zero-order valence-electron chi connectivity index (χ0n) is 7.50. The second kappa shape index (κ2) is 2.56. The van der Waals surface area contributed by atoms with E-state index in [0.29, 0.717) is 6.42 Å². The summed E-state index contributed by atoms with van der Waals surface area (Å²) >= 11 is 0. The first-order valence-electron chi connectivity index (χ1n) is 4.72. The molecular formula is C11H9FO2. The van der Waals surface area contributed by atoms with Crippen molar-refractivity contribution in [3.63, 3.8) is 0 Å². The number of fused-ring (bicyclic) bond motifs is 3. The number of carbonyl (C=O) groups excluding carboxylic acids is 1. The monoisotopic (exact) mass is 192 g/mol. The Labute approximate surface area is 80.7 Å². The molecule has 14 heavy (non-hydrogen) atoms. The van der Waals surface area contributed by atoms with Crippen LogP contribution in [0.25, 0.3) is 0 Å². The SMILES string of the molecule is O=C1CC2Cc3ccc(F)cc3[C@H]2O1. The molecular weight excluding hydrogens is 183 g/mol. The van der Waals surface area contributed by atoms with Crippen LogP contribution in [-0.2, 0) is 16.0 Å². The van der Waals surface area contributed by atoms with Gasteiger partial charge in [-0.2, -0.15) is 0 Å². The van der Waals surface area contributed by atoms with Crippen molar-refractivity contribution in [2.24, 2.45) is 5.92 Å². The molecule has 1 fully saturated rings. The summed E-state index contributed by atoms with van der Waals surface area (Å²) in [6, 6.07) is 4.73. The van der Waals surface area contributed by atoms with Crippen molar-refractivity contribution in [2.45, 2.75) is 18.9 Å². The van der Waals surface area contributed by atoms with Gasteiger partial charge in [-0.15, -0.1) is 0 Å². The van der Waals surface area contributed by atoms with E-state index in [-0.39, 0.29) is 23.8 Å².